The fourth-order valence-corrected chi connectivity index (χ4v) is 1.02. The van der Waals surface area contributed by atoms with Gasteiger partial charge < -0.3 is 4.74 Å². The molecule has 0 heterocycles. The Morgan fingerprint density at radius 1 is 1.42 bits per heavy atom. The summed E-state index contributed by atoms with van der Waals surface area (Å²) in [6, 6.07) is 5.05. The van der Waals surface area contributed by atoms with Gasteiger partial charge in [0.2, 0.25) is 0 Å². The van der Waals surface area contributed by atoms with Crippen molar-refractivity contribution in [1.82, 2.24) is 0 Å². The molecule has 0 aliphatic carbocycles. The van der Waals surface area contributed by atoms with Crippen LogP contribution in [0.15, 0.2) is 18.2 Å². The first kappa shape index (κ1) is 9.20. The maximum atomic E-state index is 13.0. The van der Waals surface area contributed by atoms with Gasteiger partial charge in [0.25, 0.3) is 0 Å². The van der Waals surface area contributed by atoms with Crippen LogP contribution in [0, 0.1) is 12.7 Å². The number of halogens is 1. The lowest BCUT2D eigenvalue weighted by Crippen LogP contribution is -1.96. The molecule has 0 fully saturated rings. The van der Waals surface area contributed by atoms with E-state index in [4.69, 9.17) is 4.74 Å². The van der Waals surface area contributed by atoms with Gasteiger partial charge in [-0.3, -0.25) is 0 Å². The Balaban J connectivity index is 2.78. The minimum absolute atomic E-state index is 0.160. The minimum Gasteiger partial charge on any atom is -0.377 e. The molecule has 66 valence electrons. The minimum atomic E-state index is -0.160. The molecule has 1 aromatic carbocycles. The van der Waals surface area contributed by atoms with Gasteiger partial charge in [0.1, 0.15) is 5.82 Å². The summed E-state index contributed by atoms with van der Waals surface area (Å²) >= 11 is 0. The second-order valence-corrected chi connectivity index (χ2v) is 2.66. The van der Waals surface area contributed by atoms with Crippen molar-refractivity contribution in [2.45, 2.75) is 20.5 Å². The Morgan fingerprint density at radius 3 is 2.83 bits per heavy atom. The predicted octanol–water partition coefficient (Wildman–Crippen LogP) is 2.67. The molecule has 12 heavy (non-hydrogen) atoms. The largest absolute Gasteiger partial charge is 0.377 e. The monoisotopic (exact) mass is 168 g/mol. The lowest BCUT2D eigenvalue weighted by atomic mass is 10.1. The van der Waals surface area contributed by atoms with Gasteiger partial charge in [0, 0.05) is 6.61 Å². The van der Waals surface area contributed by atoms with E-state index in [1.807, 2.05) is 13.0 Å². The summed E-state index contributed by atoms with van der Waals surface area (Å²) in [5.41, 5.74) is 1.61. The van der Waals surface area contributed by atoms with Crippen molar-refractivity contribution >= 4 is 0 Å². The third kappa shape index (κ3) is 2.05. The third-order valence-corrected chi connectivity index (χ3v) is 1.84. The van der Waals surface area contributed by atoms with Gasteiger partial charge in [-0.05, 0) is 31.0 Å². The van der Waals surface area contributed by atoms with Crippen LogP contribution in [0.2, 0.25) is 0 Å². The van der Waals surface area contributed by atoms with Gasteiger partial charge in [-0.25, -0.2) is 4.39 Å². The summed E-state index contributed by atoms with van der Waals surface area (Å²) < 4.78 is 18.1. The molecule has 0 aromatic heterocycles. The number of benzene rings is 1. The molecule has 0 aliphatic rings. The van der Waals surface area contributed by atoms with Crippen molar-refractivity contribution in [1.29, 1.82) is 0 Å². The number of rotatable bonds is 3. The molecule has 0 radical (unpaired) electrons. The Bertz CT molecular complexity index is 258. The summed E-state index contributed by atoms with van der Waals surface area (Å²) in [6.07, 6.45) is 0. The molecular weight excluding hydrogens is 155 g/mol. The van der Waals surface area contributed by atoms with E-state index in [1.54, 1.807) is 13.0 Å². The van der Waals surface area contributed by atoms with E-state index in [1.165, 1.54) is 6.07 Å². The highest BCUT2D eigenvalue weighted by atomic mass is 19.1. The normalized spacial score (nSPS) is 10.2. The highest BCUT2D eigenvalue weighted by molar-refractivity contribution is 5.26. The van der Waals surface area contributed by atoms with Gasteiger partial charge in [0.15, 0.2) is 0 Å². The number of hydrogen-bond acceptors (Lipinski definition) is 1. The second-order valence-electron chi connectivity index (χ2n) is 2.66. The van der Waals surface area contributed by atoms with Crippen LogP contribution in [0.4, 0.5) is 4.39 Å². The van der Waals surface area contributed by atoms with E-state index in [9.17, 15) is 4.39 Å². The van der Waals surface area contributed by atoms with Crippen LogP contribution < -0.4 is 0 Å². The molecule has 2 heteroatoms. The van der Waals surface area contributed by atoms with E-state index in [-0.39, 0.29) is 5.82 Å². The van der Waals surface area contributed by atoms with E-state index < -0.39 is 0 Å². The first-order chi connectivity index (χ1) is 5.75. The zero-order chi connectivity index (χ0) is 8.97. The van der Waals surface area contributed by atoms with Crippen molar-refractivity contribution in [2.24, 2.45) is 0 Å². The second kappa shape index (κ2) is 4.21. The summed E-state index contributed by atoms with van der Waals surface area (Å²) in [5, 5.41) is 0. The van der Waals surface area contributed by atoms with Crippen LogP contribution >= 0.6 is 0 Å². The third-order valence-electron chi connectivity index (χ3n) is 1.84. The molecule has 0 bridgehead atoms. The van der Waals surface area contributed by atoms with Crippen molar-refractivity contribution in [3.05, 3.63) is 35.1 Å². The van der Waals surface area contributed by atoms with Gasteiger partial charge in [-0.15, -0.1) is 0 Å². The Kier molecular flexibility index (Phi) is 3.23. The molecule has 0 saturated carbocycles. The topological polar surface area (TPSA) is 9.23 Å². The highest BCUT2D eigenvalue weighted by Gasteiger charge is 2.01. The zero-order valence-corrected chi connectivity index (χ0v) is 7.43. The van der Waals surface area contributed by atoms with Crippen LogP contribution in [0.1, 0.15) is 18.1 Å². The Hall–Kier alpha value is -0.890. The fraction of sp³-hybridized carbons (Fsp3) is 0.400. The quantitative estimate of drug-likeness (QED) is 0.674. The molecule has 0 amide bonds. The molecule has 1 rings (SSSR count). The van der Waals surface area contributed by atoms with Crippen LogP contribution in [0.3, 0.4) is 0 Å². The van der Waals surface area contributed by atoms with E-state index in [2.05, 4.69) is 0 Å². The molecule has 0 spiro atoms. The van der Waals surface area contributed by atoms with E-state index in [0.29, 0.717) is 18.8 Å². The van der Waals surface area contributed by atoms with Gasteiger partial charge in [0.05, 0.1) is 6.61 Å². The van der Waals surface area contributed by atoms with Gasteiger partial charge >= 0.3 is 0 Å². The first-order valence-corrected chi connectivity index (χ1v) is 4.07. The number of ether oxygens (including phenoxy) is 1. The SMILES string of the molecule is CCOCc1cccc(F)c1C. The van der Waals surface area contributed by atoms with E-state index >= 15 is 0 Å². The van der Waals surface area contributed by atoms with Crippen LogP contribution in [-0.2, 0) is 11.3 Å². The molecule has 0 saturated heterocycles. The molecule has 0 aliphatic heterocycles. The molecule has 0 N–H and O–H groups in total. The first-order valence-electron chi connectivity index (χ1n) is 4.07. The van der Waals surface area contributed by atoms with E-state index in [0.717, 1.165) is 5.56 Å². The molecule has 0 atom stereocenters. The van der Waals surface area contributed by atoms with Crippen molar-refractivity contribution in [3.8, 4) is 0 Å². The smallest absolute Gasteiger partial charge is 0.126 e. The van der Waals surface area contributed by atoms with Gasteiger partial charge in [-0.2, -0.15) is 0 Å². The maximum absolute atomic E-state index is 13.0. The van der Waals surface area contributed by atoms with Crippen molar-refractivity contribution in [2.75, 3.05) is 6.61 Å². The van der Waals surface area contributed by atoms with Crippen LogP contribution in [0.5, 0.6) is 0 Å². The van der Waals surface area contributed by atoms with Crippen molar-refractivity contribution < 1.29 is 9.13 Å². The molecular formula is C10H13FO. The standard InChI is InChI=1S/C10H13FO/c1-3-12-7-9-5-4-6-10(11)8(9)2/h4-6H,3,7H2,1-2H3. The maximum Gasteiger partial charge on any atom is 0.126 e. The summed E-state index contributed by atoms with van der Waals surface area (Å²) in [7, 11) is 0. The molecule has 1 nitrogen and oxygen atoms in total. The lowest BCUT2D eigenvalue weighted by Gasteiger charge is -2.05. The summed E-state index contributed by atoms with van der Waals surface area (Å²) in [5.74, 6) is -0.160. The summed E-state index contributed by atoms with van der Waals surface area (Å²) in [6.45, 7) is 4.86. The Labute approximate surface area is 72.2 Å². The number of hydrogen-bond donors (Lipinski definition) is 0. The summed E-state index contributed by atoms with van der Waals surface area (Å²) in [4.78, 5) is 0. The average Bonchev–Trinajstić information content (AvgIpc) is 2.08. The van der Waals surface area contributed by atoms with Gasteiger partial charge in [-0.1, -0.05) is 12.1 Å². The van der Waals surface area contributed by atoms with Crippen molar-refractivity contribution in [3.63, 3.8) is 0 Å². The lowest BCUT2D eigenvalue weighted by molar-refractivity contribution is 0.133. The highest BCUT2D eigenvalue weighted by Crippen LogP contribution is 2.12. The van der Waals surface area contributed by atoms with Crippen LogP contribution in [0.25, 0.3) is 0 Å². The zero-order valence-electron chi connectivity index (χ0n) is 7.43. The predicted molar refractivity (Wildman–Crippen MR) is 46.5 cm³/mol. The fourth-order valence-electron chi connectivity index (χ4n) is 1.02. The van der Waals surface area contributed by atoms with Crippen LogP contribution in [-0.4, -0.2) is 6.61 Å². The molecule has 0 unspecified atom stereocenters. The Morgan fingerprint density at radius 2 is 2.17 bits per heavy atom. The molecule has 1 aromatic rings. The average molecular weight is 168 g/mol.